The van der Waals surface area contributed by atoms with E-state index in [1.54, 1.807) is 0 Å². The summed E-state index contributed by atoms with van der Waals surface area (Å²) in [5.41, 5.74) is 0. The van der Waals surface area contributed by atoms with Gasteiger partial charge in [-0.2, -0.15) is 0 Å². The number of benzene rings is 3. The minimum Gasteiger partial charge on any atom is -0.118 e. The third-order valence-electron chi connectivity index (χ3n) is 19.7. The van der Waals surface area contributed by atoms with Crippen LogP contribution in [0.1, 0.15) is 234 Å². The molecule has 546 valence electrons. The molecule has 0 fully saturated rings. The molecule has 0 aliphatic carbocycles. The van der Waals surface area contributed by atoms with Crippen molar-refractivity contribution in [3.8, 4) is 0 Å². The molecular weight excluding hydrogens is 1590 g/mol. The monoisotopic (exact) mass is 1690 g/mol. The smallest absolute Gasteiger partial charge is 0.0586 e. The van der Waals surface area contributed by atoms with E-state index >= 15 is 0 Å². The van der Waals surface area contributed by atoms with Crippen molar-refractivity contribution in [3.05, 3.63) is 159 Å². The fraction of sp³-hybridized carbons (Fsp3) is 0.500. The van der Waals surface area contributed by atoms with Crippen LogP contribution in [-0.4, -0.2) is 34.5 Å². The number of allylic oxidation sites excluding steroid dienone is 6. The van der Waals surface area contributed by atoms with Crippen molar-refractivity contribution in [1.82, 2.24) is 0 Å². The molecule has 18 heteroatoms. The first-order valence-electron chi connectivity index (χ1n) is 38.1. The van der Waals surface area contributed by atoms with Gasteiger partial charge in [0.15, 0.2) is 0 Å². The highest BCUT2D eigenvalue weighted by molar-refractivity contribution is 8.44. The standard InChI is InChI=1S/C84H102S18/c1-55-73-85-49-31-25-19-13-7-8-14-20-27-33-51-87-75-57(3)93-81(99-75)69-63-39-37-61(38-40-63)67(79(91-55)97-73)68-62-41-43-64(44-42-62)70(82-94-58(4)76(100-82)88-52-34-28-22-16-10-9-15-21-26-32-50-86-74-56(2)92-80(68)98-74)72-66-47-45-65(46-48-66)71(69)83-95-59(5)77(101-83)89-53-35-29-23-17-11-12-18-24-30-36-54-90-78-60(6)96-84(72)102-78/h37-48H,7-36,49-54H2,1-6H3/b79-67+,80-68+,81-69+,82-70+,83-71+,84-72+. The molecule has 9 aliphatic rings. The normalized spacial score (nSPS) is 25.5. The maximum absolute atomic E-state index is 2.56. The summed E-state index contributed by atoms with van der Waals surface area (Å²) in [7, 11) is 0. The van der Waals surface area contributed by atoms with E-state index in [1.807, 2.05) is 0 Å². The number of thioether (sulfide) groups is 18. The lowest BCUT2D eigenvalue weighted by Crippen LogP contribution is -2.29. The Labute approximate surface area is 688 Å². The second kappa shape index (κ2) is 42.1. The Morgan fingerprint density at radius 2 is 0.265 bits per heavy atom. The Balaban J connectivity index is 1.14. The quantitative estimate of drug-likeness (QED) is 0.164. The highest BCUT2D eigenvalue weighted by atomic mass is 32.3. The van der Waals surface area contributed by atoms with E-state index in [0.29, 0.717) is 0 Å². The number of fused-ring (bicyclic) bond motifs is 15. The number of hydrogen-bond donors (Lipinski definition) is 0. The average molecular weight is 1690 g/mol. The van der Waals surface area contributed by atoms with E-state index in [0.717, 1.165) is 0 Å². The van der Waals surface area contributed by atoms with Crippen molar-refractivity contribution >= 4 is 269 Å². The summed E-state index contributed by atoms with van der Waals surface area (Å²) in [6.45, 7) is 14.5. The summed E-state index contributed by atoms with van der Waals surface area (Å²) in [6.07, 6.45) is 40.5. The van der Waals surface area contributed by atoms with E-state index in [4.69, 9.17) is 0 Å². The SMILES string of the molecule is CC1=C2SCCCCCCCCCCCCSC3=C(C)S/C(=c4\c5c6ccc(cc6)c(/c6c7ccc(cc7)c(/c(c7ccc4cc7)=C(\S1)S2)=C1/SC(C)=C(SCCCCCCCCCCCCSC2=C(C)S/C=6S2)S1)=C1/SC(C)=C(SCCCCCCCCCCCCSC2=C(C)S\C=5S2)S1)S3. The summed E-state index contributed by atoms with van der Waals surface area (Å²) in [4.78, 5) is 8.76. The van der Waals surface area contributed by atoms with Crippen LogP contribution < -0.4 is 31.3 Å². The molecule has 9 heterocycles. The first kappa shape index (κ1) is 80.9. The highest BCUT2D eigenvalue weighted by Crippen LogP contribution is 2.60. The fourth-order valence-electron chi connectivity index (χ4n) is 14.0. The van der Waals surface area contributed by atoms with Crippen LogP contribution in [0.5, 0.6) is 0 Å². The second-order valence-electron chi connectivity index (χ2n) is 27.7. The molecule has 0 amide bonds. The molecule has 0 N–H and O–H groups in total. The fourth-order valence-corrected chi connectivity index (χ4v) is 39.7. The van der Waals surface area contributed by atoms with Gasteiger partial charge in [-0.25, -0.2) is 0 Å². The molecule has 0 saturated heterocycles. The number of rotatable bonds is 0. The Morgan fingerprint density at radius 3 is 0.392 bits per heavy atom. The predicted octanol–water partition coefficient (Wildman–Crippen LogP) is 30.4. The van der Waals surface area contributed by atoms with Gasteiger partial charge in [0.05, 0.1) is 50.8 Å². The Hall–Kier alpha value is 0.840. The molecular formula is C84H102S18. The molecule has 16 rings (SSSR count). The van der Waals surface area contributed by atoms with Gasteiger partial charge in [0, 0.05) is 60.7 Å². The summed E-state index contributed by atoms with van der Waals surface area (Å²) < 4.78 is 17.6. The van der Waals surface area contributed by atoms with Gasteiger partial charge in [0.25, 0.3) is 0 Å². The van der Waals surface area contributed by atoms with E-state index in [9.17, 15) is 0 Å². The first-order valence-corrected chi connectivity index (χ1v) is 53.8. The van der Waals surface area contributed by atoms with Crippen LogP contribution in [0.25, 0.3) is 57.7 Å². The van der Waals surface area contributed by atoms with Crippen LogP contribution in [0.3, 0.4) is 0 Å². The van der Waals surface area contributed by atoms with Gasteiger partial charge >= 0.3 is 0 Å². The van der Waals surface area contributed by atoms with Crippen LogP contribution in [-0.2, 0) is 0 Å². The zero-order chi connectivity index (χ0) is 70.0. The minimum absolute atomic E-state index is 1.19. The van der Waals surface area contributed by atoms with Crippen molar-refractivity contribution < 1.29 is 0 Å². The van der Waals surface area contributed by atoms with Gasteiger partial charge in [-0.1, -0.05) is 368 Å². The minimum atomic E-state index is 1.19. The van der Waals surface area contributed by atoms with Gasteiger partial charge < -0.3 is 0 Å². The van der Waals surface area contributed by atoms with Gasteiger partial charge in [-0.15, -0.1) is 70.6 Å². The molecule has 0 atom stereocenters. The molecule has 0 saturated carbocycles. The molecule has 0 unspecified atom stereocenters. The summed E-state index contributed by atoms with van der Waals surface area (Å²) >= 11 is 37.6. The largest absolute Gasteiger partial charge is 0.118 e. The van der Waals surface area contributed by atoms with Gasteiger partial charge in [0.2, 0.25) is 0 Å². The zero-order valence-corrected chi connectivity index (χ0v) is 75.4. The maximum Gasteiger partial charge on any atom is 0.0586 e. The van der Waals surface area contributed by atoms with Crippen LogP contribution in [0.4, 0.5) is 0 Å². The van der Waals surface area contributed by atoms with Gasteiger partial charge in [0.1, 0.15) is 0 Å². The van der Waals surface area contributed by atoms with Gasteiger partial charge in [-0.05, 0) is 147 Å². The van der Waals surface area contributed by atoms with Crippen LogP contribution in [0.2, 0.25) is 0 Å². The highest BCUT2D eigenvalue weighted by Gasteiger charge is 2.29. The average Bonchev–Trinajstić information content (AvgIpc) is 1.51. The van der Waals surface area contributed by atoms with Crippen LogP contribution >= 0.6 is 212 Å². The van der Waals surface area contributed by atoms with Crippen molar-refractivity contribution in [2.24, 2.45) is 0 Å². The predicted molar refractivity (Wildman–Crippen MR) is 504 cm³/mol. The lowest BCUT2D eigenvalue weighted by Gasteiger charge is -2.09. The molecule has 0 radical (unpaired) electrons. The molecule has 0 nitrogen and oxygen atoms in total. The molecule has 0 aromatic heterocycles. The molecule has 7 aromatic carbocycles. The molecule has 24 bridgehead atoms. The molecule has 102 heavy (non-hydrogen) atoms. The van der Waals surface area contributed by atoms with E-state index in [-0.39, 0.29) is 0 Å². The summed E-state index contributed by atoms with van der Waals surface area (Å²) in [6, 6.07) is 30.7. The van der Waals surface area contributed by atoms with E-state index in [1.165, 1.54) is 371 Å². The maximum atomic E-state index is 2.56. The number of hydrogen-bond acceptors (Lipinski definition) is 18. The summed E-state index contributed by atoms with van der Waals surface area (Å²) in [5.74, 6) is 7.11. The Morgan fingerprint density at radius 1 is 0.147 bits per heavy atom. The molecule has 7 aromatic rings. The van der Waals surface area contributed by atoms with E-state index in [2.05, 4.69) is 326 Å². The van der Waals surface area contributed by atoms with Crippen molar-refractivity contribution in [2.45, 2.75) is 234 Å². The summed E-state index contributed by atoms with van der Waals surface area (Å²) in [5, 5.41) is 16.2. The topological polar surface area (TPSA) is 0 Å². The van der Waals surface area contributed by atoms with Crippen LogP contribution in [0, 0.1) is 0 Å². The van der Waals surface area contributed by atoms with Crippen LogP contribution in [0.15, 0.2) is 128 Å². The van der Waals surface area contributed by atoms with Crippen molar-refractivity contribution in [3.63, 3.8) is 0 Å². The van der Waals surface area contributed by atoms with E-state index < -0.39 is 0 Å². The van der Waals surface area contributed by atoms with Gasteiger partial charge in [-0.3, -0.25) is 0 Å². The van der Waals surface area contributed by atoms with Crippen molar-refractivity contribution in [2.75, 3.05) is 34.5 Å². The second-order valence-corrected chi connectivity index (χ2v) is 50.9. The lowest BCUT2D eigenvalue weighted by atomic mass is 10.1. The zero-order valence-electron chi connectivity index (χ0n) is 60.7. The third-order valence-corrected chi connectivity index (χ3v) is 44.9. The Bertz CT molecular complexity index is 3680. The lowest BCUT2D eigenvalue weighted by molar-refractivity contribution is 0.564. The third kappa shape index (κ3) is 22.0. The van der Waals surface area contributed by atoms with Crippen molar-refractivity contribution in [1.29, 1.82) is 0 Å². The first-order chi connectivity index (χ1) is 50.1. The molecule has 0 spiro atoms. The molecule has 9 aliphatic heterocycles. The Kier molecular flexibility index (Phi) is 33.4.